The average molecular weight is 349 g/mol. The van der Waals surface area contributed by atoms with E-state index in [9.17, 15) is 14.9 Å². The first-order valence-electron chi connectivity index (χ1n) is 8.38. The summed E-state index contributed by atoms with van der Waals surface area (Å²) in [6.45, 7) is 1.90. The third-order valence-electron chi connectivity index (χ3n) is 5.05. The highest BCUT2D eigenvalue weighted by atomic mass is 32.2. The quantitative estimate of drug-likeness (QED) is 0.502. The number of nitro groups is 1. The number of rotatable bonds is 5. The van der Waals surface area contributed by atoms with Crippen LogP contribution in [-0.4, -0.2) is 46.2 Å². The lowest BCUT2D eigenvalue weighted by molar-refractivity contribution is -0.384. The fourth-order valence-electron chi connectivity index (χ4n) is 3.71. The number of amides is 1. The molecule has 2 aliphatic rings. The summed E-state index contributed by atoms with van der Waals surface area (Å²) in [7, 11) is 1.91. The van der Waals surface area contributed by atoms with E-state index in [2.05, 4.69) is 5.32 Å². The molecule has 24 heavy (non-hydrogen) atoms. The van der Waals surface area contributed by atoms with Gasteiger partial charge in [-0.2, -0.15) is 0 Å². The van der Waals surface area contributed by atoms with Gasteiger partial charge in [-0.3, -0.25) is 14.9 Å². The smallest absolute Gasteiger partial charge is 0.269 e. The van der Waals surface area contributed by atoms with E-state index in [1.807, 2.05) is 18.9 Å². The molecule has 0 saturated carbocycles. The SMILES string of the molecule is CC(Sc1ccc([N+](=O)[O-])cc1)C(=O)N(C)C1CC2CCC(C1)N2. The lowest BCUT2D eigenvalue weighted by Gasteiger charge is -2.36. The van der Waals surface area contributed by atoms with Crippen molar-refractivity contribution in [3.8, 4) is 0 Å². The Labute approximate surface area is 146 Å². The first kappa shape index (κ1) is 17.2. The number of carbonyl (C=O) groups excluding carboxylic acids is 1. The summed E-state index contributed by atoms with van der Waals surface area (Å²) < 4.78 is 0. The second-order valence-corrected chi connectivity index (χ2v) is 8.14. The van der Waals surface area contributed by atoms with Gasteiger partial charge in [-0.05, 0) is 44.7 Å². The molecule has 1 aromatic rings. The molecule has 130 valence electrons. The van der Waals surface area contributed by atoms with Gasteiger partial charge in [0.15, 0.2) is 0 Å². The highest BCUT2D eigenvalue weighted by molar-refractivity contribution is 8.00. The Morgan fingerprint density at radius 2 is 1.88 bits per heavy atom. The number of hydrogen-bond acceptors (Lipinski definition) is 5. The van der Waals surface area contributed by atoms with Crippen LogP contribution >= 0.6 is 11.8 Å². The second kappa shape index (κ2) is 7.11. The molecule has 6 nitrogen and oxygen atoms in total. The van der Waals surface area contributed by atoms with Crippen molar-refractivity contribution in [1.29, 1.82) is 0 Å². The van der Waals surface area contributed by atoms with Crippen LogP contribution in [0, 0.1) is 10.1 Å². The molecule has 3 atom stereocenters. The zero-order chi connectivity index (χ0) is 17.3. The normalized spacial score (nSPS) is 26.8. The number of nitrogens with zero attached hydrogens (tertiary/aromatic N) is 2. The third kappa shape index (κ3) is 3.72. The van der Waals surface area contributed by atoms with Gasteiger partial charge in [0.05, 0.1) is 10.2 Å². The van der Waals surface area contributed by atoms with E-state index in [1.54, 1.807) is 12.1 Å². The number of hydrogen-bond donors (Lipinski definition) is 1. The Morgan fingerprint density at radius 3 is 2.42 bits per heavy atom. The molecule has 0 aromatic heterocycles. The summed E-state index contributed by atoms with van der Waals surface area (Å²) in [6, 6.07) is 7.80. The van der Waals surface area contributed by atoms with Gasteiger partial charge in [0.1, 0.15) is 0 Å². The van der Waals surface area contributed by atoms with Crippen LogP contribution in [0.3, 0.4) is 0 Å². The van der Waals surface area contributed by atoms with Gasteiger partial charge in [0.2, 0.25) is 5.91 Å². The molecule has 2 aliphatic heterocycles. The highest BCUT2D eigenvalue weighted by Crippen LogP contribution is 2.31. The minimum Gasteiger partial charge on any atom is -0.342 e. The molecule has 2 fully saturated rings. The van der Waals surface area contributed by atoms with Crippen molar-refractivity contribution in [3.05, 3.63) is 34.4 Å². The topological polar surface area (TPSA) is 75.5 Å². The maximum absolute atomic E-state index is 12.7. The summed E-state index contributed by atoms with van der Waals surface area (Å²) in [4.78, 5) is 25.8. The van der Waals surface area contributed by atoms with Crippen LogP contribution in [0.15, 0.2) is 29.2 Å². The molecular formula is C17H23N3O3S. The molecule has 3 unspecified atom stereocenters. The number of non-ortho nitro benzene ring substituents is 1. The Balaban J connectivity index is 1.58. The van der Waals surface area contributed by atoms with Crippen LogP contribution in [0.1, 0.15) is 32.6 Å². The zero-order valence-corrected chi connectivity index (χ0v) is 14.8. The van der Waals surface area contributed by atoms with Crippen molar-refractivity contribution in [1.82, 2.24) is 10.2 Å². The summed E-state index contributed by atoms with van der Waals surface area (Å²) in [5.41, 5.74) is 0.0700. The molecule has 2 bridgehead atoms. The van der Waals surface area contributed by atoms with Crippen LogP contribution in [0.25, 0.3) is 0 Å². The molecular weight excluding hydrogens is 326 g/mol. The molecule has 1 N–H and O–H groups in total. The number of benzene rings is 1. The number of nitro benzene ring substituents is 1. The third-order valence-corrected chi connectivity index (χ3v) is 6.15. The number of carbonyl (C=O) groups is 1. The van der Waals surface area contributed by atoms with Crippen LogP contribution in [0.2, 0.25) is 0 Å². The molecule has 0 aliphatic carbocycles. The molecule has 7 heteroatoms. The van der Waals surface area contributed by atoms with Crippen molar-refractivity contribution in [2.24, 2.45) is 0 Å². The lowest BCUT2D eigenvalue weighted by Crippen LogP contribution is -2.50. The van der Waals surface area contributed by atoms with Crippen molar-refractivity contribution < 1.29 is 9.72 Å². The van der Waals surface area contributed by atoms with Gasteiger partial charge < -0.3 is 10.2 Å². The summed E-state index contributed by atoms with van der Waals surface area (Å²) >= 11 is 1.45. The van der Waals surface area contributed by atoms with Crippen LogP contribution in [0.5, 0.6) is 0 Å². The molecule has 2 saturated heterocycles. The first-order valence-corrected chi connectivity index (χ1v) is 9.26. The van der Waals surface area contributed by atoms with Crippen molar-refractivity contribution >= 4 is 23.4 Å². The minimum atomic E-state index is -0.414. The Bertz CT molecular complexity index is 610. The predicted molar refractivity (Wildman–Crippen MR) is 94.2 cm³/mol. The van der Waals surface area contributed by atoms with E-state index < -0.39 is 4.92 Å². The van der Waals surface area contributed by atoms with Gasteiger partial charge in [-0.1, -0.05) is 0 Å². The number of piperidine rings is 1. The molecule has 0 radical (unpaired) electrons. The monoisotopic (exact) mass is 349 g/mol. The number of nitrogens with one attached hydrogen (secondary N) is 1. The van der Waals surface area contributed by atoms with Gasteiger partial charge in [-0.15, -0.1) is 11.8 Å². The van der Waals surface area contributed by atoms with Crippen LogP contribution in [-0.2, 0) is 4.79 Å². The van der Waals surface area contributed by atoms with Gasteiger partial charge in [-0.25, -0.2) is 0 Å². The minimum absolute atomic E-state index is 0.0700. The van der Waals surface area contributed by atoms with Gasteiger partial charge in [0.25, 0.3) is 5.69 Å². The molecule has 3 rings (SSSR count). The average Bonchev–Trinajstić information content (AvgIpc) is 2.91. The first-order chi connectivity index (χ1) is 11.4. The van der Waals surface area contributed by atoms with E-state index in [-0.39, 0.29) is 16.8 Å². The van der Waals surface area contributed by atoms with Gasteiger partial charge >= 0.3 is 0 Å². The van der Waals surface area contributed by atoms with Crippen molar-refractivity contribution in [2.45, 2.75) is 60.9 Å². The lowest BCUT2D eigenvalue weighted by atomic mass is 9.98. The summed E-state index contributed by atoms with van der Waals surface area (Å²) in [5, 5.41) is 14.1. The molecule has 1 aromatic carbocycles. The zero-order valence-electron chi connectivity index (χ0n) is 14.0. The van der Waals surface area contributed by atoms with E-state index in [0.717, 1.165) is 17.7 Å². The highest BCUT2D eigenvalue weighted by Gasteiger charge is 2.37. The fraction of sp³-hybridized carbons (Fsp3) is 0.588. The fourth-order valence-corrected chi connectivity index (χ4v) is 4.68. The molecule has 0 spiro atoms. The predicted octanol–water partition coefficient (Wildman–Crippen LogP) is 2.82. The summed E-state index contributed by atoms with van der Waals surface area (Å²) in [5.74, 6) is 0.129. The standard InChI is InChI=1S/C17H23N3O3S/c1-11(24-16-7-5-14(6-8-16)20(22)23)17(21)19(2)15-9-12-3-4-13(10-15)18-12/h5-8,11-13,15,18H,3-4,9-10H2,1-2H3. The second-order valence-electron chi connectivity index (χ2n) is 6.72. The number of fused-ring (bicyclic) bond motifs is 2. The maximum Gasteiger partial charge on any atom is 0.269 e. The molecule has 1 amide bonds. The van der Waals surface area contributed by atoms with E-state index in [4.69, 9.17) is 0 Å². The van der Waals surface area contributed by atoms with E-state index in [0.29, 0.717) is 18.1 Å². The molecule has 2 heterocycles. The number of thioether (sulfide) groups is 1. The van der Waals surface area contributed by atoms with Crippen LogP contribution < -0.4 is 5.32 Å². The van der Waals surface area contributed by atoms with E-state index >= 15 is 0 Å². The Kier molecular flexibility index (Phi) is 5.10. The Morgan fingerprint density at radius 1 is 1.29 bits per heavy atom. The van der Waals surface area contributed by atoms with Crippen molar-refractivity contribution in [3.63, 3.8) is 0 Å². The van der Waals surface area contributed by atoms with Crippen LogP contribution in [0.4, 0.5) is 5.69 Å². The largest absolute Gasteiger partial charge is 0.342 e. The van der Waals surface area contributed by atoms with Gasteiger partial charge in [0, 0.05) is 42.2 Å². The van der Waals surface area contributed by atoms with E-state index in [1.165, 1.54) is 36.7 Å². The van der Waals surface area contributed by atoms with Crippen molar-refractivity contribution in [2.75, 3.05) is 7.05 Å². The summed E-state index contributed by atoms with van der Waals surface area (Å²) in [6.07, 6.45) is 4.51. The Hall–Kier alpha value is -1.60. The maximum atomic E-state index is 12.7.